The zero-order chi connectivity index (χ0) is 26.0. The number of nitrogens with zero attached hydrogens (tertiary/aromatic N) is 2. The first-order valence-electron chi connectivity index (χ1n) is 12.3. The second-order valence-corrected chi connectivity index (χ2v) is 11.7. The van der Waals surface area contributed by atoms with Gasteiger partial charge in [-0.15, -0.1) is 0 Å². The summed E-state index contributed by atoms with van der Waals surface area (Å²) in [5.41, 5.74) is 0.349. The van der Waals surface area contributed by atoms with Gasteiger partial charge in [-0.1, -0.05) is 13.0 Å². The lowest BCUT2D eigenvalue weighted by Gasteiger charge is -2.38. The molecule has 1 saturated carbocycles. The van der Waals surface area contributed by atoms with Gasteiger partial charge in [0.15, 0.2) is 5.75 Å². The van der Waals surface area contributed by atoms with Crippen LogP contribution >= 0.6 is 0 Å². The number of likely N-dealkylation sites (N-methyl/N-ethyl adjacent to an activating group) is 1. The van der Waals surface area contributed by atoms with Gasteiger partial charge >= 0.3 is 0 Å². The van der Waals surface area contributed by atoms with Crippen LogP contribution < -0.4 is 9.46 Å². The molecule has 0 saturated heterocycles. The van der Waals surface area contributed by atoms with E-state index in [0.717, 1.165) is 18.7 Å². The Labute approximate surface area is 212 Å². The maximum atomic E-state index is 13.5. The number of halogens is 1. The van der Waals surface area contributed by atoms with E-state index < -0.39 is 21.9 Å². The number of benzene rings is 2. The summed E-state index contributed by atoms with van der Waals surface area (Å²) in [5.74, 6) is -0.125. The molecule has 2 N–H and O–H groups in total. The Kier molecular flexibility index (Phi) is 7.87. The number of hydrogen-bond acceptors (Lipinski definition) is 6. The van der Waals surface area contributed by atoms with Crippen LogP contribution in [0.4, 0.5) is 10.1 Å². The molecule has 196 valence electrons. The van der Waals surface area contributed by atoms with Crippen LogP contribution in [0.3, 0.4) is 0 Å². The molecule has 0 bridgehead atoms. The zero-order valence-electron chi connectivity index (χ0n) is 20.9. The Hall–Kier alpha value is -2.69. The number of fused-ring (bicyclic) bond motifs is 1. The third kappa shape index (κ3) is 5.99. The standard InChI is InChI=1S/C26H34FN3O5S/c1-17-13-30(18(2)16-31)26(32)22-5-4-6-23(28-36(33,34)21-11-9-20(27)10-12-21)25(22)35-24(17)15-29(3)14-19-7-8-19/h4-6,9-12,17-19,24,28,31H,7-8,13-16H2,1-3H3/t17-,18+,24-/m0/s1. The minimum atomic E-state index is -4.07. The largest absolute Gasteiger partial charge is 0.486 e. The molecule has 1 fully saturated rings. The van der Waals surface area contributed by atoms with Crippen molar-refractivity contribution < 1.29 is 27.4 Å². The summed E-state index contributed by atoms with van der Waals surface area (Å²) in [6.07, 6.45) is 2.12. The second kappa shape index (κ2) is 10.7. The average molecular weight is 520 g/mol. The molecule has 0 unspecified atom stereocenters. The summed E-state index contributed by atoms with van der Waals surface area (Å²) in [4.78, 5) is 17.3. The Morgan fingerprint density at radius 2 is 1.89 bits per heavy atom. The lowest BCUT2D eigenvalue weighted by molar-refractivity contribution is 0.0346. The van der Waals surface area contributed by atoms with E-state index >= 15 is 0 Å². The first-order valence-corrected chi connectivity index (χ1v) is 13.8. The SMILES string of the molecule is C[C@H](CO)N1C[C@H](C)[C@H](CN(C)CC2CC2)Oc2c(NS(=O)(=O)c3ccc(F)cc3)cccc2C1=O. The number of sulfonamides is 1. The van der Waals surface area contributed by atoms with Crippen LogP contribution in [0.1, 0.15) is 37.0 Å². The van der Waals surface area contributed by atoms with Crippen molar-refractivity contribution in [3.8, 4) is 5.75 Å². The van der Waals surface area contributed by atoms with Crippen LogP contribution in [0.5, 0.6) is 5.75 Å². The smallest absolute Gasteiger partial charge is 0.262 e. The maximum absolute atomic E-state index is 13.5. The van der Waals surface area contributed by atoms with Crippen LogP contribution in [-0.2, 0) is 10.0 Å². The highest BCUT2D eigenvalue weighted by Crippen LogP contribution is 2.36. The summed E-state index contributed by atoms with van der Waals surface area (Å²) >= 11 is 0. The highest BCUT2D eigenvalue weighted by atomic mass is 32.2. The van der Waals surface area contributed by atoms with Crippen LogP contribution in [0.2, 0.25) is 0 Å². The normalized spacial score (nSPS) is 21.4. The van der Waals surface area contributed by atoms with Crippen LogP contribution in [0.15, 0.2) is 47.4 Å². The molecular formula is C26H34FN3O5S. The highest BCUT2D eigenvalue weighted by Gasteiger charge is 2.35. The number of carbonyl (C=O) groups is 1. The van der Waals surface area contributed by atoms with Gasteiger partial charge in [0.25, 0.3) is 15.9 Å². The number of nitrogens with one attached hydrogen (secondary N) is 1. The van der Waals surface area contributed by atoms with E-state index in [1.165, 1.54) is 25.0 Å². The molecule has 0 aromatic heterocycles. The van der Waals surface area contributed by atoms with E-state index in [1.54, 1.807) is 30.0 Å². The van der Waals surface area contributed by atoms with Crippen molar-refractivity contribution in [2.45, 2.75) is 43.7 Å². The monoisotopic (exact) mass is 519 g/mol. The lowest BCUT2D eigenvalue weighted by atomic mass is 9.99. The summed E-state index contributed by atoms with van der Waals surface area (Å²) in [7, 11) is -2.03. The fourth-order valence-electron chi connectivity index (χ4n) is 4.48. The van der Waals surface area contributed by atoms with Gasteiger partial charge in [0.1, 0.15) is 11.9 Å². The van der Waals surface area contributed by atoms with Gasteiger partial charge in [0.05, 0.1) is 28.8 Å². The number of anilines is 1. The summed E-state index contributed by atoms with van der Waals surface area (Å²) in [6.45, 7) is 5.53. The molecule has 1 aliphatic carbocycles. The van der Waals surface area contributed by atoms with Gasteiger partial charge < -0.3 is 19.6 Å². The number of aliphatic hydroxyl groups is 1. The van der Waals surface area contributed by atoms with Crippen molar-refractivity contribution in [3.05, 3.63) is 53.8 Å². The van der Waals surface area contributed by atoms with E-state index in [1.807, 2.05) is 14.0 Å². The topological polar surface area (TPSA) is 99.2 Å². The number of hydrogen-bond donors (Lipinski definition) is 2. The van der Waals surface area contributed by atoms with Crippen molar-refractivity contribution in [3.63, 3.8) is 0 Å². The number of para-hydroxylation sites is 1. The molecule has 1 aliphatic heterocycles. The van der Waals surface area contributed by atoms with Crippen LogP contribution in [0, 0.1) is 17.7 Å². The van der Waals surface area contributed by atoms with Crippen LogP contribution in [-0.4, -0.2) is 74.7 Å². The molecule has 0 radical (unpaired) electrons. The van der Waals surface area contributed by atoms with E-state index in [0.29, 0.717) is 19.0 Å². The molecule has 36 heavy (non-hydrogen) atoms. The Bertz CT molecular complexity index is 1190. The number of carbonyl (C=O) groups excluding carboxylic acids is 1. The summed E-state index contributed by atoms with van der Waals surface area (Å²) in [5, 5.41) is 9.82. The van der Waals surface area contributed by atoms with E-state index in [-0.39, 0.29) is 46.4 Å². The Balaban J connectivity index is 1.72. The molecular weight excluding hydrogens is 485 g/mol. The van der Waals surface area contributed by atoms with E-state index in [2.05, 4.69) is 9.62 Å². The average Bonchev–Trinajstić information content (AvgIpc) is 3.65. The van der Waals surface area contributed by atoms with E-state index in [9.17, 15) is 22.7 Å². The Morgan fingerprint density at radius 3 is 2.53 bits per heavy atom. The molecule has 1 heterocycles. The molecule has 3 atom stereocenters. The number of ether oxygens (including phenoxy) is 1. The molecule has 2 aromatic carbocycles. The fraction of sp³-hybridized carbons (Fsp3) is 0.500. The van der Waals surface area contributed by atoms with Crippen molar-refractivity contribution >= 4 is 21.6 Å². The first kappa shape index (κ1) is 26.4. The van der Waals surface area contributed by atoms with Crippen molar-refractivity contribution in [2.75, 3.05) is 38.0 Å². The van der Waals surface area contributed by atoms with Gasteiger partial charge in [0.2, 0.25) is 0 Å². The minimum Gasteiger partial charge on any atom is -0.486 e. The summed E-state index contributed by atoms with van der Waals surface area (Å²) in [6, 6.07) is 8.82. The summed E-state index contributed by atoms with van der Waals surface area (Å²) < 4.78 is 48.5. The molecule has 4 rings (SSSR count). The molecule has 1 amide bonds. The minimum absolute atomic E-state index is 0.0838. The highest BCUT2D eigenvalue weighted by molar-refractivity contribution is 7.92. The van der Waals surface area contributed by atoms with Crippen molar-refractivity contribution in [1.82, 2.24) is 9.80 Å². The van der Waals surface area contributed by atoms with E-state index in [4.69, 9.17) is 4.74 Å². The lowest BCUT2D eigenvalue weighted by Crippen LogP contribution is -2.50. The Morgan fingerprint density at radius 1 is 1.19 bits per heavy atom. The quantitative estimate of drug-likeness (QED) is 0.528. The fourth-order valence-corrected chi connectivity index (χ4v) is 5.54. The van der Waals surface area contributed by atoms with Gasteiger partial charge in [-0.2, -0.15) is 0 Å². The van der Waals surface area contributed by atoms with Crippen molar-refractivity contribution in [2.24, 2.45) is 11.8 Å². The molecule has 2 aliphatic rings. The first-order chi connectivity index (χ1) is 17.1. The maximum Gasteiger partial charge on any atom is 0.262 e. The molecule has 2 aromatic rings. The van der Waals surface area contributed by atoms with Gasteiger partial charge in [-0.25, -0.2) is 12.8 Å². The predicted molar refractivity (Wildman–Crippen MR) is 135 cm³/mol. The third-order valence-electron chi connectivity index (χ3n) is 6.82. The predicted octanol–water partition coefficient (Wildman–Crippen LogP) is 3.19. The van der Waals surface area contributed by atoms with Crippen molar-refractivity contribution in [1.29, 1.82) is 0 Å². The molecule has 8 nitrogen and oxygen atoms in total. The number of aliphatic hydroxyl groups excluding tert-OH is 1. The van der Waals surface area contributed by atoms with Gasteiger partial charge in [0, 0.05) is 25.6 Å². The molecule has 0 spiro atoms. The third-order valence-corrected chi connectivity index (χ3v) is 8.20. The van der Waals surface area contributed by atoms with Gasteiger partial charge in [-0.3, -0.25) is 9.52 Å². The molecule has 10 heteroatoms. The zero-order valence-corrected chi connectivity index (χ0v) is 21.7. The van der Waals surface area contributed by atoms with Gasteiger partial charge in [-0.05, 0) is 69.1 Å². The second-order valence-electron chi connectivity index (χ2n) is 10.0. The number of rotatable bonds is 9. The number of amides is 1. The van der Waals surface area contributed by atoms with Crippen LogP contribution in [0.25, 0.3) is 0 Å².